The first-order valence-corrected chi connectivity index (χ1v) is 11.2. The predicted octanol–water partition coefficient (Wildman–Crippen LogP) is 1.88. The molecule has 0 aromatic heterocycles. The molecule has 0 saturated carbocycles. The van der Waals surface area contributed by atoms with Crippen molar-refractivity contribution in [2.75, 3.05) is 26.3 Å². The first-order valence-electron chi connectivity index (χ1n) is 11.2. The average Bonchev–Trinajstić information content (AvgIpc) is 3.43. The minimum absolute atomic E-state index is 0.0306. The maximum absolute atomic E-state index is 12.3. The van der Waals surface area contributed by atoms with Crippen LogP contribution >= 0.6 is 0 Å². The van der Waals surface area contributed by atoms with Gasteiger partial charge in [0.25, 0.3) is 0 Å². The number of carbonyl (C=O) groups is 3. The highest BCUT2D eigenvalue weighted by Crippen LogP contribution is 2.44. The van der Waals surface area contributed by atoms with Crippen LogP contribution in [0.4, 0.5) is 4.79 Å². The summed E-state index contributed by atoms with van der Waals surface area (Å²) in [4.78, 5) is 35.5. The Kier molecular flexibility index (Phi) is 6.85. The van der Waals surface area contributed by atoms with Crippen molar-refractivity contribution < 1.29 is 34.1 Å². The van der Waals surface area contributed by atoms with Gasteiger partial charge in [-0.05, 0) is 35.6 Å². The molecule has 2 aromatic rings. The molecule has 2 aromatic carbocycles. The Morgan fingerprint density at radius 3 is 2.29 bits per heavy atom. The smallest absolute Gasteiger partial charge is 0.407 e. The number of nitrogens with one attached hydrogen (secondary N) is 2. The van der Waals surface area contributed by atoms with Crippen molar-refractivity contribution in [1.29, 1.82) is 0 Å². The molecular weight excluding hydrogens is 440 g/mol. The second kappa shape index (κ2) is 9.82. The monoisotopic (exact) mass is 468 g/mol. The van der Waals surface area contributed by atoms with E-state index in [0.717, 1.165) is 29.2 Å². The molecule has 4 rings (SSSR count). The molecule has 9 heteroatoms. The molecule has 2 amide bonds. The van der Waals surface area contributed by atoms with Crippen molar-refractivity contribution in [3.05, 3.63) is 59.7 Å². The Labute approximate surface area is 197 Å². The number of benzene rings is 2. The van der Waals surface area contributed by atoms with Crippen LogP contribution < -0.4 is 10.6 Å². The zero-order valence-corrected chi connectivity index (χ0v) is 18.8. The van der Waals surface area contributed by atoms with Crippen LogP contribution in [0.2, 0.25) is 0 Å². The molecule has 9 nitrogen and oxygen atoms in total. The van der Waals surface area contributed by atoms with Gasteiger partial charge in [0.05, 0.1) is 25.2 Å². The molecule has 1 heterocycles. The largest absolute Gasteiger partial charge is 0.479 e. The molecule has 4 N–H and O–H groups in total. The standard InChI is InChI=1S/C25H28N2O7/c1-25(32,23(29)30)14-27-22(28)15-10-16(33-12-15)11-26-24(31)34-13-21-19-8-4-2-6-17(19)18-7-3-5-9-20(18)21/h2-9,15-16,21,32H,10-14H2,1H3,(H,26,31)(H,27,28)(H,29,30)/t15-,16-,25?/m0/s1. The lowest BCUT2D eigenvalue weighted by molar-refractivity contribution is -0.156. The fourth-order valence-corrected chi connectivity index (χ4v) is 4.36. The molecule has 1 saturated heterocycles. The number of carbonyl (C=O) groups excluding carboxylic acids is 2. The predicted molar refractivity (Wildman–Crippen MR) is 122 cm³/mol. The summed E-state index contributed by atoms with van der Waals surface area (Å²) in [6.45, 7) is 1.26. The number of ether oxygens (including phenoxy) is 2. The van der Waals surface area contributed by atoms with Crippen LogP contribution in [0.1, 0.15) is 30.4 Å². The number of hydrogen-bond acceptors (Lipinski definition) is 6. The molecule has 1 aliphatic carbocycles. The molecule has 34 heavy (non-hydrogen) atoms. The molecule has 3 atom stereocenters. The topological polar surface area (TPSA) is 134 Å². The van der Waals surface area contributed by atoms with Gasteiger partial charge in [0, 0.05) is 12.5 Å². The van der Waals surface area contributed by atoms with Gasteiger partial charge in [0.15, 0.2) is 5.60 Å². The second-order valence-corrected chi connectivity index (χ2v) is 8.89. The van der Waals surface area contributed by atoms with Crippen LogP contribution in [0.3, 0.4) is 0 Å². The SMILES string of the molecule is CC(O)(CNC(=O)[C@@H]1CO[C@H](CNC(=O)OCC2c3ccccc3-c3ccccc32)C1)C(=O)O. The summed E-state index contributed by atoms with van der Waals surface area (Å²) in [5.41, 5.74) is 2.53. The van der Waals surface area contributed by atoms with Gasteiger partial charge in [-0.15, -0.1) is 0 Å². The molecule has 1 unspecified atom stereocenters. The summed E-state index contributed by atoms with van der Waals surface area (Å²) >= 11 is 0. The van der Waals surface area contributed by atoms with E-state index in [1.54, 1.807) is 0 Å². The van der Waals surface area contributed by atoms with Gasteiger partial charge >= 0.3 is 12.1 Å². The van der Waals surface area contributed by atoms with Crippen molar-refractivity contribution in [2.24, 2.45) is 5.92 Å². The van der Waals surface area contributed by atoms with Crippen LogP contribution in [0.15, 0.2) is 48.5 Å². The first-order chi connectivity index (χ1) is 16.3. The highest BCUT2D eigenvalue weighted by atomic mass is 16.5. The van der Waals surface area contributed by atoms with Crippen LogP contribution in [-0.4, -0.2) is 66.2 Å². The number of hydrogen-bond donors (Lipinski definition) is 4. The number of amides is 2. The highest BCUT2D eigenvalue weighted by Gasteiger charge is 2.35. The van der Waals surface area contributed by atoms with Gasteiger partial charge in [-0.25, -0.2) is 9.59 Å². The highest BCUT2D eigenvalue weighted by molar-refractivity contribution is 5.82. The normalized spacial score (nSPS) is 20.6. The van der Waals surface area contributed by atoms with E-state index in [0.29, 0.717) is 6.42 Å². The lowest BCUT2D eigenvalue weighted by atomic mass is 9.98. The van der Waals surface area contributed by atoms with Crippen LogP contribution in [0, 0.1) is 5.92 Å². The van der Waals surface area contributed by atoms with Gasteiger partial charge < -0.3 is 30.3 Å². The summed E-state index contributed by atoms with van der Waals surface area (Å²) in [6, 6.07) is 16.2. The number of aliphatic carboxylic acids is 1. The summed E-state index contributed by atoms with van der Waals surface area (Å²) < 4.78 is 11.1. The third kappa shape index (κ3) is 5.05. The van der Waals surface area contributed by atoms with Gasteiger partial charge in [0.2, 0.25) is 5.91 Å². The summed E-state index contributed by atoms with van der Waals surface area (Å²) in [5, 5.41) is 23.8. The number of rotatable bonds is 8. The lowest BCUT2D eigenvalue weighted by Gasteiger charge is -2.19. The molecule has 0 bridgehead atoms. The number of aliphatic hydroxyl groups is 1. The van der Waals surface area contributed by atoms with E-state index >= 15 is 0 Å². The summed E-state index contributed by atoms with van der Waals surface area (Å²) in [6.07, 6.45) is -0.558. The third-order valence-electron chi connectivity index (χ3n) is 6.34. The van der Waals surface area contributed by atoms with E-state index in [4.69, 9.17) is 14.6 Å². The molecule has 2 aliphatic rings. The van der Waals surface area contributed by atoms with Gasteiger partial charge in [-0.1, -0.05) is 48.5 Å². The molecule has 180 valence electrons. The Hall–Kier alpha value is -3.43. The van der Waals surface area contributed by atoms with Gasteiger partial charge in [0.1, 0.15) is 6.61 Å². The maximum Gasteiger partial charge on any atom is 0.407 e. The van der Waals surface area contributed by atoms with Crippen molar-refractivity contribution in [3.8, 4) is 11.1 Å². The van der Waals surface area contributed by atoms with Gasteiger partial charge in [-0.3, -0.25) is 4.79 Å². The Morgan fingerprint density at radius 2 is 1.68 bits per heavy atom. The fourth-order valence-electron chi connectivity index (χ4n) is 4.36. The maximum atomic E-state index is 12.3. The Bertz CT molecular complexity index is 1040. The molecular formula is C25H28N2O7. The zero-order valence-electron chi connectivity index (χ0n) is 18.8. The van der Waals surface area contributed by atoms with Crippen molar-refractivity contribution in [2.45, 2.75) is 31.0 Å². The zero-order chi connectivity index (χ0) is 24.3. The third-order valence-corrected chi connectivity index (χ3v) is 6.34. The van der Waals surface area contributed by atoms with Crippen LogP contribution in [0.5, 0.6) is 0 Å². The van der Waals surface area contributed by atoms with Crippen molar-refractivity contribution in [1.82, 2.24) is 10.6 Å². The lowest BCUT2D eigenvalue weighted by Crippen LogP contribution is -2.48. The summed E-state index contributed by atoms with van der Waals surface area (Å²) in [7, 11) is 0. The van der Waals surface area contributed by atoms with E-state index in [1.807, 2.05) is 24.3 Å². The van der Waals surface area contributed by atoms with E-state index in [2.05, 4.69) is 34.9 Å². The first kappa shape index (κ1) is 23.7. The Morgan fingerprint density at radius 1 is 1.06 bits per heavy atom. The van der Waals surface area contributed by atoms with Crippen LogP contribution in [0.25, 0.3) is 11.1 Å². The molecule has 1 aliphatic heterocycles. The minimum atomic E-state index is -2.04. The average molecular weight is 469 g/mol. The van der Waals surface area contributed by atoms with Gasteiger partial charge in [-0.2, -0.15) is 0 Å². The van der Waals surface area contributed by atoms with E-state index in [1.165, 1.54) is 0 Å². The number of fused-ring (bicyclic) bond motifs is 3. The van der Waals surface area contributed by atoms with E-state index in [-0.39, 0.29) is 31.8 Å². The minimum Gasteiger partial charge on any atom is -0.479 e. The number of alkyl carbamates (subject to hydrolysis) is 1. The van der Waals surface area contributed by atoms with E-state index < -0.39 is 36.0 Å². The fraction of sp³-hybridized carbons (Fsp3) is 0.400. The van der Waals surface area contributed by atoms with Crippen LogP contribution in [-0.2, 0) is 19.1 Å². The number of carboxylic acid groups (broad SMARTS) is 1. The van der Waals surface area contributed by atoms with E-state index in [9.17, 15) is 19.5 Å². The number of carboxylic acids is 1. The van der Waals surface area contributed by atoms with Crippen molar-refractivity contribution >= 4 is 18.0 Å². The molecule has 1 fully saturated rings. The molecule has 0 radical (unpaired) electrons. The second-order valence-electron chi connectivity index (χ2n) is 8.89. The summed E-state index contributed by atoms with van der Waals surface area (Å²) in [5.74, 6) is -2.33. The Balaban J connectivity index is 1.23. The van der Waals surface area contributed by atoms with Crippen molar-refractivity contribution in [3.63, 3.8) is 0 Å². The molecule has 0 spiro atoms. The quantitative estimate of drug-likeness (QED) is 0.465.